The van der Waals surface area contributed by atoms with Crippen molar-refractivity contribution < 1.29 is 22.1 Å². The van der Waals surface area contributed by atoms with Crippen LogP contribution < -0.4 is 0 Å². The molecule has 1 fully saturated rings. The van der Waals surface area contributed by atoms with E-state index in [-0.39, 0.29) is 24.3 Å². The highest BCUT2D eigenvalue weighted by molar-refractivity contribution is 7.85. The highest BCUT2D eigenvalue weighted by Crippen LogP contribution is 2.30. The maximum atomic E-state index is 14.3. The third-order valence-electron chi connectivity index (χ3n) is 3.06. The molecule has 0 spiro atoms. The number of ether oxygens (including phenoxy) is 1. The van der Waals surface area contributed by atoms with Crippen LogP contribution in [-0.4, -0.2) is 31.9 Å². The van der Waals surface area contributed by atoms with Gasteiger partial charge in [0.05, 0.1) is 11.5 Å². The van der Waals surface area contributed by atoms with Gasteiger partial charge in [-0.1, -0.05) is 17.7 Å². The van der Waals surface area contributed by atoms with Crippen LogP contribution in [0.2, 0.25) is 0 Å². The van der Waals surface area contributed by atoms with Crippen molar-refractivity contribution in [2.45, 2.75) is 30.3 Å². The summed E-state index contributed by atoms with van der Waals surface area (Å²) < 4.78 is 50.9. The van der Waals surface area contributed by atoms with Crippen molar-refractivity contribution in [3.63, 3.8) is 0 Å². The Kier molecular flexibility index (Phi) is 3.44. The van der Waals surface area contributed by atoms with E-state index in [2.05, 4.69) is 0 Å². The first-order valence-electron chi connectivity index (χ1n) is 5.64. The van der Waals surface area contributed by atoms with Crippen LogP contribution in [0.1, 0.15) is 17.5 Å². The molecule has 100 valence electrons. The minimum atomic E-state index is -4.33. The van der Waals surface area contributed by atoms with Gasteiger partial charge in [-0.05, 0) is 18.6 Å². The fraction of sp³-hybridized carbons (Fsp3) is 0.500. The molecule has 18 heavy (non-hydrogen) atoms. The zero-order chi connectivity index (χ0) is 13.4. The second-order valence-corrected chi connectivity index (χ2v) is 6.11. The molecule has 2 rings (SSSR count). The van der Waals surface area contributed by atoms with E-state index in [0.29, 0.717) is 12.2 Å². The summed E-state index contributed by atoms with van der Waals surface area (Å²) in [5.41, 5.74) is -0.432. The molecule has 1 unspecified atom stereocenters. The molecule has 0 radical (unpaired) electrons. The van der Waals surface area contributed by atoms with Gasteiger partial charge >= 0.3 is 0 Å². The first kappa shape index (κ1) is 13.5. The molecule has 1 N–H and O–H groups in total. The van der Waals surface area contributed by atoms with Crippen molar-refractivity contribution in [3.8, 4) is 0 Å². The Bertz CT molecular complexity index is 547. The highest BCUT2D eigenvalue weighted by atomic mass is 32.2. The van der Waals surface area contributed by atoms with E-state index in [1.54, 1.807) is 19.1 Å². The van der Waals surface area contributed by atoms with Crippen LogP contribution in [0.15, 0.2) is 23.1 Å². The summed E-state index contributed by atoms with van der Waals surface area (Å²) in [4.78, 5) is -0.225. The van der Waals surface area contributed by atoms with Crippen LogP contribution in [0.25, 0.3) is 0 Å². The Hall–Kier alpha value is -0.980. The molecule has 0 amide bonds. The number of alkyl halides is 1. The lowest BCUT2D eigenvalue weighted by Gasteiger charge is -2.19. The van der Waals surface area contributed by atoms with Gasteiger partial charge in [-0.25, -0.2) is 4.39 Å². The smallest absolute Gasteiger partial charge is 0.294 e. The van der Waals surface area contributed by atoms with Crippen molar-refractivity contribution in [1.29, 1.82) is 0 Å². The second-order valence-electron chi connectivity index (χ2n) is 4.72. The normalized spacial score (nSPS) is 24.4. The number of hydrogen-bond donors (Lipinski definition) is 1. The molecule has 1 aromatic rings. The summed E-state index contributed by atoms with van der Waals surface area (Å²) in [5, 5.41) is 0. The van der Waals surface area contributed by atoms with Gasteiger partial charge in [0, 0.05) is 19.4 Å². The van der Waals surface area contributed by atoms with Gasteiger partial charge in [-0.2, -0.15) is 8.42 Å². The van der Waals surface area contributed by atoms with E-state index in [9.17, 15) is 12.8 Å². The fourth-order valence-corrected chi connectivity index (χ4v) is 2.86. The summed E-state index contributed by atoms with van der Waals surface area (Å²) in [6.45, 7) is 2.09. The minimum absolute atomic E-state index is 0.0359. The minimum Gasteiger partial charge on any atom is -0.378 e. The number of aryl methyl sites for hydroxylation is 1. The summed E-state index contributed by atoms with van der Waals surface area (Å²) in [6, 6.07) is 4.46. The Labute approximate surface area is 106 Å². The van der Waals surface area contributed by atoms with Crippen molar-refractivity contribution in [1.82, 2.24) is 0 Å². The number of hydrogen-bond acceptors (Lipinski definition) is 3. The lowest BCUT2D eigenvalue weighted by Crippen LogP contribution is -2.27. The molecule has 0 aliphatic carbocycles. The van der Waals surface area contributed by atoms with Crippen LogP contribution >= 0.6 is 0 Å². The lowest BCUT2D eigenvalue weighted by atomic mass is 9.95. The summed E-state index contributed by atoms with van der Waals surface area (Å²) in [5.74, 6) is 0. The average Bonchev–Trinajstić information content (AvgIpc) is 2.62. The number of rotatable bonds is 3. The van der Waals surface area contributed by atoms with E-state index in [0.717, 1.165) is 5.56 Å². The predicted molar refractivity (Wildman–Crippen MR) is 64.0 cm³/mol. The first-order valence-corrected chi connectivity index (χ1v) is 7.08. The van der Waals surface area contributed by atoms with Crippen LogP contribution in [0.3, 0.4) is 0 Å². The van der Waals surface area contributed by atoms with E-state index < -0.39 is 15.8 Å². The van der Waals surface area contributed by atoms with E-state index in [4.69, 9.17) is 9.29 Å². The number of benzene rings is 1. The molecule has 0 aromatic heterocycles. The molecule has 1 heterocycles. The van der Waals surface area contributed by atoms with Gasteiger partial charge in [0.25, 0.3) is 10.1 Å². The van der Waals surface area contributed by atoms with Crippen LogP contribution in [0.5, 0.6) is 0 Å². The molecular weight excluding hydrogens is 259 g/mol. The molecule has 0 bridgehead atoms. The molecule has 1 atom stereocenters. The molecular formula is C12H15FO4S. The highest BCUT2D eigenvalue weighted by Gasteiger charge is 2.36. The molecule has 0 saturated carbocycles. The Morgan fingerprint density at radius 1 is 1.50 bits per heavy atom. The summed E-state index contributed by atoms with van der Waals surface area (Å²) in [6.07, 6.45) is 0.176. The quantitative estimate of drug-likeness (QED) is 0.855. The Balaban J connectivity index is 2.40. The first-order chi connectivity index (χ1) is 8.30. The van der Waals surface area contributed by atoms with Crippen LogP contribution in [0.4, 0.5) is 4.39 Å². The van der Waals surface area contributed by atoms with Gasteiger partial charge in [0.1, 0.15) is 5.67 Å². The van der Waals surface area contributed by atoms with Gasteiger partial charge in [0.15, 0.2) is 0 Å². The van der Waals surface area contributed by atoms with E-state index in [1.807, 2.05) is 0 Å². The van der Waals surface area contributed by atoms with Gasteiger partial charge in [-0.15, -0.1) is 0 Å². The van der Waals surface area contributed by atoms with E-state index in [1.165, 1.54) is 6.07 Å². The molecule has 6 heteroatoms. The van der Waals surface area contributed by atoms with Crippen molar-refractivity contribution in [3.05, 3.63) is 29.3 Å². The second kappa shape index (κ2) is 4.60. The Morgan fingerprint density at radius 3 is 2.78 bits per heavy atom. The summed E-state index contributed by atoms with van der Waals surface area (Å²) in [7, 11) is -4.33. The SMILES string of the molecule is Cc1ccc(S(=O)(=O)O)c(CC2(F)CCOC2)c1. The van der Waals surface area contributed by atoms with Crippen molar-refractivity contribution in [2.75, 3.05) is 13.2 Å². The van der Waals surface area contributed by atoms with Gasteiger partial charge in [0.2, 0.25) is 0 Å². The van der Waals surface area contributed by atoms with Crippen LogP contribution in [0, 0.1) is 6.92 Å². The molecule has 1 aromatic carbocycles. The van der Waals surface area contributed by atoms with Gasteiger partial charge < -0.3 is 4.74 Å². The Morgan fingerprint density at radius 2 is 2.22 bits per heavy atom. The maximum absolute atomic E-state index is 14.3. The van der Waals surface area contributed by atoms with Crippen molar-refractivity contribution in [2.24, 2.45) is 0 Å². The molecule has 4 nitrogen and oxygen atoms in total. The van der Waals surface area contributed by atoms with Crippen molar-refractivity contribution >= 4 is 10.1 Å². The molecule has 1 aliphatic rings. The summed E-state index contributed by atoms with van der Waals surface area (Å²) >= 11 is 0. The third kappa shape index (κ3) is 2.88. The third-order valence-corrected chi connectivity index (χ3v) is 4.01. The van der Waals surface area contributed by atoms with Crippen LogP contribution in [-0.2, 0) is 21.3 Å². The average molecular weight is 274 g/mol. The monoisotopic (exact) mass is 274 g/mol. The molecule has 1 aliphatic heterocycles. The fourth-order valence-electron chi connectivity index (χ4n) is 2.16. The predicted octanol–water partition coefficient (Wildman–Crippen LogP) is 1.91. The molecule has 1 saturated heterocycles. The lowest BCUT2D eigenvalue weighted by molar-refractivity contribution is 0.112. The topological polar surface area (TPSA) is 63.6 Å². The van der Waals surface area contributed by atoms with Gasteiger partial charge in [-0.3, -0.25) is 4.55 Å². The zero-order valence-electron chi connectivity index (χ0n) is 10.0. The zero-order valence-corrected chi connectivity index (χ0v) is 10.8. The van der Waals surface area contributed by atoms with E-state index >= 15 is 0 Å². The maximum Gasteiger partial charge on any atom is 0.294 e. The number of halogens is 1. The largest absolute Gasteiger partial charge is 0.378 e. The standard InChI is InChI=1S/C12H15FO4S/c1-9-2-3-11(18(14,15)16)10(6-9)7-12(13)4-5-17-8-12/h2-3,6H,4-5,7-8H2,1H3,(H,14,15,16).